The minimum absolute atomic E-state index is 0.174. The van der Waals surface area contributed by atoms with Gasteiger partial charge in [-0.15, -0.1) is 0 Å². The topological polar surface area (TPSA) is 76.2 Å². The lowest BCUT2D eigenvalue weighted by Crippen LogP contribution is -2.25. The van der Waals surface area contributed by atoms with Gasteiger partial charge in [0.15, 0.2) is 23.5 Å². The number of halogens is 2. The van der Waals surface area contributed by atoms with E-state index in [2.05, 4.69) is 4.98 Å². The van der Waals surface area contributed by atoms with Gasteiger partial charge in [0.2, 0.25) is 5.78 Å². The molecule has 2 rings (SSSR count). The number of hydrogen-bond donors (Lipinski definition) is 1. The Kier molecular flexibility index (Phi) is 5.15. The Balaban J connectivity index is 2.20. The van der Waals surface area contributed by atoms with Gasteiger partial charge in [-0.05, 0) is 51.5 Å². The van der Waals surface area contributed by atoms with Crippen LogP contribution < -0.4 is 0 Å². The first-order chi connectivity index (χ1) is 11.6. The molecule has 5 nitrogen and oxygen atoms in total. The van der Waals surface area contributed by atoms with E-state index in [9.17, 15) is 23.2 Å². The molecule has 1 heterocycles. The van der Waals surface area contributed by atoms with Crippen LogP contribution in [0.1, 0.15) is 56.3 Å². The van der Waals surface area contributed by atoms with Gasteiger partial charge in [0, 0.05) is 11.3 Å². The number of aromatic nitrogens is 1. The Hall–Kier alpha value is -2.83. The number of Topliss-reactive ketones (excluding diaryl/α,β-unsaturated/α-hetero) is 2. The number of esters is 1. The zero-order valence-corrected chi connectivity index (χ0v) is 14.2. The van der Waals surface area contributed by atoms with Crippen LogP contribution in [0, 0.1) is 25.5 Å². The fourth-order valence-electron chi connectivity index (χ4n) is 2.63. The Morgan fingerprint density at radius 2 is 1.76 bits per heavy atom. The summed E-state index contributed by atoms with van der Waals surface area (Å²) < 4.78 is 31.1. The van der Waals surface area contributed by atoms with Gasteiger partial charge in [-0.1, -0.05) is 0 Å². The molecule has 0 saturated carbocycles. The molecule has 1 aromatic heterocycles. The highest BCUT2D eigenvalue weighted by Gasteiger charge is 2.26. The first-order valence-electron chi connectivity index (χ1n) is 7.53. The summed E-state index contributed by atoms with van der Waals surface area (Å²) in [6.45, 7) is 6.04. The number of carbonyl (C=O) groups is 3. The van der Waals surface area contributed by atoms with Gasteiger partial charge in [0.1, 0.15) is 0 Å². The molecule has 0 fully saturated rings. The minimum atomic E-state index is -1.18. The molecule has 0 amide bonds. The molecule has 1 unspecified atom stereocenters. The van der Waals surface area contributed by atoms with Crippen LogP contribution in [-0.2, 0) is 4.74 Å². The standard InChI is InChI=1S/C18H17F2NO4/c1-8-15(10(3)22)9(2)21-16(8)17(23)11(4)25-18(24)12-5-6-13(19)14(20)7-12/h5-7,11,21H,1-4H3. The Bertz CT molecular complexity index is 870. The SMILES string of the molecule is CC(=O)c1c(C)[nH]c(C(=O)C(C)OC(=O)c2ccc(F)c(F)c2)c1C. The Morgan fingerprint density at radius 1 is 1.12 bits per heavy atom. The second-order valence-corrected chi connectivity index (χ2v) is 5.72. The first-order valence-corrected chi connectivity index (χ1v) is 7.53. The van der Waals surface area contributed by atoms with E-state index in [0.717, 1.165) is 12.1 Å². The highest BCUT2D eigenvalue weighted by molar-refractivity contribution is 6.05. The van der Waals surface area contributed by atoms with Gasteiger partial charge in [0.05, 0.1) is 11.3 Å². The number of nitrogens with one attached hydrogen (secondary N) is 1. The summed E-state index contributed by atoms with van der Waals surface area (Å²) in [5, 5.41) is 0. The maximum absolute atomic E-state index is 13.2. The molecule has 0 spiro atoms. The lowest BCUT2D eigenvalue weighted by Gasteiger charge is -2.12. The third kappa shape index (κ3) is 3.65. The Labute approximate surface area is 143 Å². The number of hydrogen-bond acceptors (Lipinski definition) is 4. The average molecular weight is 349 g/mol. The summed E-state index contributed by atoms with van der Waals surface area (Å²) >= 11 is 0. The van der Waals surface area contributed by atoms with Gasteiger partial charge >= 0.3 is 5.97 Å². The smallest absolute Gasteiger partial charge is 0.338 e. The third-order valence-corrected chi connectivity index (χ3v) is 3.84. The Morgan fingerprint density at radius 3 is 2.28 bits per heavy atom. The van der Waals surface area contributed by atoms with E-state index >= 15 is 0 Å². The number of carbonyl (C=O) groups excluding carboxylic acids is 3. The minimum Gasteiger partial charge on any atom is -0.451 e. The zero-order chi connectivity index (χ0) is 18.9. The largest absolute Gasteiger partial charge is 0.451 e. The van der Waals surface area contributed by atoms with Crippen molar-refractivity contribution in [3.05, 3.63) is 57.9 Å². The number of ether oxygens (including phenoxy) is 1. The van der Waals surface area contributed by atoms with Gasteiger partial charge in [-0.2, -0.15) is 0 Å². The van der Waals surface area contributed by atoms with Crippen LogP contribution in [0.3, 0.4) is 0 Å². The molecule has 1 atom stereocenters. The number of aromatic amines is 1. The summed E-state index contributed by atoms with van der Waals surface area (Å²) in [4.78, 5) is 38.9. The summed E-state index contributed by atoms with van der Waals surface area (Å²) in [7, 11) is 0. The predicted octanol–water partition coefficient (Wildman–Crippen LogP) is 3.54. The molecule has 132 valence electrons. The fraction of sp³-hybridized carbons (Fsp3) is 0.278. The van der Waals surface area contributed by atoms with Crippen LogP contribution in [0.5, 0.6) is 0 Å². The molecule has 1 aromatic carbocycles. The quantitative estimate of drug-likeness (QED) is 0.662. The molecule has 0 bridgehead atoms. The summed E-state index contributed by atoms with van der Waals surface area (Å²) in [5.74, 6) is -3.93. The molecule has 7 heteroatoms. The van der Waals surface area contributed by atoms with Crippen molar-refractivity contribution >= 4 is 17.5 Å². The molecule has 25 heavy (non-hydrogen) atoms. The van der Waals surface area contributed by atoms with Gasteiger partial charge in [0.25, 0.3) is 0 Å². The average Bonchev–Trinajstić information content (AvgIpc) is 2.83. The van der Waals surface area contributed by atoms with Crippen molar-refractivity contribution < 1.29 is 27.9 Å². The number of H-pyrrole nitrogens is 1. The van der Waals surface area contributed by atoms with E-state index in [1.165, 1.54) is 13.8 Å². The summed E-state index contributed by atoms with van der Waals surface area (Å²) in [6, 6.07) is 2.57. The van der Waals surface area contributed by atoms with E-state index < -0.39 is 29.5 Å². The number of aryl methyl sites for hydroxylation is 1. The van der Waals surface area contributed by atoms with Crippen molar-refractivity contribution in [2.75, 3.05) is 0 Å². The van der Waals surface area contributed by atoms with E-state index in [1.54, 1.807) is 13.8 Å². The van der Waals surface area contributed by atoms with Crippen LogP contribution in [-0.4, -0.2) is 28.6 Å². The summed E-state index contributed by atoms with van der Waals surface area (Å²) in [5.41, 5.74) is 1.41. The van der Waals surface area contributed by atoms with E-state index in [0.29, 0.717) is 22.9 Å². The fourth-order valence-corrected chi connectivity index (χ4v) is 2.63. The van der Waals surface area contributed by atoms with Crippen LogP contribution in [0.15, 0.2) is 18.2 Å². The van der Waals surface area contributed by atoms with Gasteiger partial charge < -0.3 is 9.72 Å². The normalized spacial score (nSPS) is 11.9. The highest BCUT2D eigenvalue weighted by Crippen LogP contribution is 2.21. The molecule has 0 saturated heterocycles. The molecular formula is C18H17F2NO4. The van der Waals surface area contributed by atoms with Crippen LogP contribution in [0.25, 0.3) is 0 Å². The monoisotopic (exact) mass is 349 g/mol. The van der Waals surface area contributed by atoms with Crippen molar-refractivity contribution in [3.8, 4) is 0 Å². The lowest BCUT2D eigenvalue weighted by molar-refractivity contribution is 0.0316. The first kappa shape index (κ1) is 18.5. The highest BCUT2D eigenvalue weighted by atomic mass is 19.2. The van der Waals surface area contributed by atoms with Crippen LogP contribution in [0.2, 0.25) is 0 Å². The molecule has 0 radical (unpaired) electrons. The maximum atomic E-state index is 13.2. The van der Waals surface area contributed by atoms with Crippen molar-refractivity contribution in [1.82, 2.24) is 4.98 Å². The van der Waals surface area contributed by atoms with E-state index in [-0.39, 0.29) is 17.0 Å². The molecular weight excluding hydrogens is 332 g/mol. The van der Waals surface area contributed by atoms with Crippen molar-refractivity contribution in [3.63, 3.8) is 0 Å². The van der Waals surface area contributed by atoms with Gasteiger partial charge in [-0.25, -0.2) is 13.6 Å². The van der Waals surface area contributed by atoms with Crippen molar-refractivity contribution in [1.29, 1.82) is 0 Å². The second kappa shape index (κ2) is 6.96. The molecule has 1 N–H and O–H groups in total. The van der Waals surface area contributed by atoms with Crippen LogP contribution >= 0.6 is 0 Å². The number of benzene rings is 1. The zero-order valence-electron chi connectivity index (χ0n) is 14.2. The summed E-state index contributed by atoms with van der Waals surface area (Å²) in [6.07, 6.45) is -1.17. The third-order valence-electron chi connectivity index (χ3n) is 3.84. The molecule has 0 aliphatic heterocycles. The molecule has 0 aliphatic carbocycles. The molecule has 0 aliphatic rings. The lowest BCUT2D eigenvalue weighted by atomic mass is 10.0. The predicted molar refractivity (Wildman–Crippen MR) is 85.8 cm³/mol. The number of rotatable bonds is 5. The van der Waals surface area contributed by atoms with Crippen LogP contribution in [0.4, 0.5) is 8.78 Å². The molecule has 2 aromatic rings. The van der Waals surface area contributed by atoms with Gasteiger partial charge in [-0.3, -0.25) is 9.59 Å². The van der Waals surface area contributed by atoms with Crippen molar-refractivity contribution in [2.24, 2.45) is 0 Å². The number of ketones is 2. The second-order valence-electron chi connectivity index (χ2n) is 5.72. The van der Waals surface area contributed by atoms with E-state index in [1.807, 2.05) is 0 Å². The van der Waals surface area contributed by atoms with E-state index in [4.69, 9.17) is 4.74 Å². The van der Waals surface area contributed by atoms with Crippen molar-refractivity contribution in [2.45, 2.75) is 33.8 Å². The maximum Gasteiger partial charge on any atom is 0.338 e.